The van der Waals surface area contributed by atoms with Crippen LogP contribution in [0.15, 0.2) is 30.5 Å². The highest BCUT2D eigenvalue weighted by molar-refractivity contribution is 5.23. The van der Waals surface area contributed by atoms with Crippen molar-refractivity contribution in [2.75, 3.05) is 6.54 Å². The molecule has 0 aliphatic heterocycles. The Morgan fingerprint density at radius 1 is 1.14 bits per heavy atom. The van der Waals surface area contributed by atoms with Gasteiger partial charge < -0.3 is 5.32 Å². The van der Waals surface area contributed by atoms with Gasteiger partial charge in [0, 0.05) is 6.54 Å². The monoisotopic (exact) mass is 286 g/mol. The van der Waals surface area contributed by atoms with Crippen molar-refractivity contribution in [3.05, 3.63) is 47.3 Å². The van der Waals surface area contributed by atoms with E-state index in [0.717, 1.165) is 32.4 Å². The van der Waals surface area contributed by atoms with Crippen LogP contribution in [-0.2, 0) is 13.0 Å². The van der Waals surface area contributed by atoms with Crippen LogP contribution in [0.4, 0.5) is 0 Å². The van der Waals surface area contributed by atoms with Crippen LogP contribution in [0.25, 0.3) is 0 Å². The fraction of sp³-hybridized carbons (Fsp3) is 0.529. The van der Waals surface area contributed by atoms with Gasteiger partial charge in [-0.1, -0.05) is 48.9 Å². The molecule has 0 aliphatic carbocycles. The zero-order valence-electron chi connectivity index (χ0n) is 13.3. The van der Waals surface area contributed by atoms with Crippen LogP contribution < -0.4 is 5.32 Å². The molecule has 1 N–H and O–H groups in total. The first-order chi connectivity index (χ1) is 10.2. The molecule has 0 bridgehead atoms. The summed E-state index contributed by atoms with van der Waals surface area (Å²) >= 11 is 0. The molecule has 1 heterocycles. The molecule has 4 nitrogen and oxygen atoms in total. The zero-order valence-corrected chi connectivity index (χ0v) is 13.3. The first kappa shape index (κ1) is 15.7. The summed E-state index contributed by atoms with van der Waals surface area (Å²) in [7, 11) is 0. The average Bonchev–Trinajstić information content (AvgIpc) is 2.94. The highest BCUT2D eigenvalue weighted by atomic mass is 15.4. The Bertz CT molecular complexity index is 530. The smallest absolute Gasteiger partial charge is 0.0759 e. The van der Waals surface area contributed by atoms with Crippen molar-refractivity contribution in [3.63, 3.8) is 0 Å². The van der Waals surface area contributed by atoms with Crippen LogP contribution in [-0.4, -0.2) is 21.5 Å². The summed E-state index contributed by atoms with van der Waals surface area (Å²) in [6, 6.07) is 9.05. The van der Waals surface area contributed by atoms with E-state index in [2.05, 4.69) is 60.7 Å². The van der Waals surface area contributed by atoms with Gasteiger partial charge in [-0.15, -0.1) is 5.10 Å². The largest absolute Gasteiger partial charge is 0.308 e. The molecule has 1 aromatic carbocycles. The first-order valence-electron chi connectivity index (χ1n) is 7.91. The number of nitrogens with zero attached hydrogens (tertiary/aromatic N) is 3. The van der Waals surface area contributed by atoms with Crippen molar-refractivity contribution < 1.29 is 0 Å². The molecule has 0 radical (unpaired) electrons. The molecule has 1 unspecified atom stereocenters. The van der Waals surface area contributed by atoms with Gasteiger partial charge >= 0.3 is 0 Å². The topological polar surface area (TPSA) is 42.7 Å². The summed E-state index contributed by atoms with van der Waals surface area (Å²) in [5.74, 6) is 0. The van der Waals surface area contributed by atoms with Gasteiger partial charge in [0.1, 0.15) is 0 Å². The maximum absolute atomic E-state index is 4.22. The van der Waals surface area contributed by atoms with E-state index in [1.165, 1.54) is 16.8 Å². The summed E-state index contributed by atoms with van der Waals surface area (Å²) < 4.78 is 2.03. The highest BCUT2D eigenvalue weighted by Crippen LogP contribution is 2.18. The molecule has 2 aromatic rings. The second kappa shape index (κ2) is 7.93. The van der Waals surface area contributed by atoms with Gasteiger partial charge in [-0.25, -0.2) is 4.68 Å². The van der Waals surface area contributed by atoms with Crippen molar-refractivity contribution in [1.29, 1.82) is 0 Å². The highest BCUT2D eigenvalue weighted by Gasteiger charge is 2.16. The predicted octanol–water partition coefficient (Wildman–Crippen LogP) is 3.28. The van der Waals surface area contributed by atoms with Crippen molar-refractivity contribution in [3.8, 4) is 0 Å². The van der Waals surface area contributed by atoms with Crippen LogP contribution in [0.1, 0.15) is 49.6 Å². The molecule has 4 heteroatoms. The Labute approximate surface area is 127 Å². The van der Waals surface area contributed by atoms with Gasteiger partial charge in [-0.05, 0) is 38.3 Å². The first-order valence-corrected chi connectivity index (χ1v) is 7.91. The Balaban J connectivity index is 2.16. The van der Waals surface area contributed by atoms with E-state index in [-0.39, 0.29) is 6.04 Å². The standard InChI is InChI=1S/C17H26N4/c1-4-10-18-16(12-15-8-6-14(3)7-9-15)17-13-19-20-21(17)11-5-2/h6-9,13,16,18H,4-5,10-12H2,1-3H3. The summed E-state index contributed by atoms with van der Waals surface area (Å²) in [6.45, 7) is 8.41. The molecule has 114 valence electrons. The third-order valence-electron chi connectivity index (χ3n) is 3.64. The number of benzene rings is 1. The van der Waals surface area contributed by atoms with E-state index in [1.807, 2.05) is 10.9 Å². The van der Waals surface area contributed by atoms with E-state index in [9.17, 15) is 0 Å². The van der Waals surface area contributed by atoms with Gasteiger partial charge in [0.05, 0.1) is 17.9 Å². The van der Waals surface area contributed by atoms with Crippen LogP contribution in [0.2, 0.25) is 0 Å². The number of aryl methyl sites for hydroxylation is 2. The quantitative estimate of drug-likeness (QED) is 0.810. The maximum Gasteiger partial charge on any atom is 0.0759 e. The van der Waals surface area contributed by atoms with Crippen LogP contribution in [0.3, 0.4) is 0 Å². The third-order valence-corrected chi connectivity index (χ3v) is 3.64. The lowest BCUT2D eigenvalue weighted by atomic mass is 10.0. The Hall–Kier alpha value is -1.68. The van der Waals surface area contributed by atoms with Gasteiger partial charge in [0.25, 0.3) is 0 Å². The predicted molar refractivity (Wildman–Crippen MR) is 86.2 cm³/mol. The molecular weight excluding hydrogens is 260 g/mol. The normalized spacial score (nSPS) is 12.5. The minimum atomic E-state index is 0.272. The third kappa shape index (κ3) is 4.39. The number of nitrogens with one attached hydrogen (secondary N) is 1. The fourth-order valence-electron chi connectivity index (χ4n) is 2.48. The van der Waals surface area contributed by atoms with Gasteiger partial charge in [-0.3, -0.25) is 0 Å². The molecule has 1 aromatic heterocycles. The number of rotatable bonds is 8. The molecular formula is C17H26N4. The molecule has 0 fully saturated rings. The summed E-state index contributed by atoms with van der Waals surface area (Å²) in [4.78, 5) is 0. The Morgan fingerprint density at radius 3 is 2.57 bits per heavy atom. The number of hydrogen-bond acceptors (Lipinski definition) is 3. The Morgan fingerprint density at radius 2 is 1.90 bits per heavy atom. The van der Waals surface area contributed by atoms with E-state index < -0.39 is 0 Å². The van der Waals surface area contributed by atoms with Crippen LogP contribution in [0.5, 0.6) is 0 Å². The van der Waals surface area contributed by atoms with E-state index in [1.54, 1.807) is 0 Å². The summed E-state index contributed by atoms with van der Waals surface area (Å²) in [6.07, 6.45) is 5.07. The number of aromatic nitrogens is 3. The average molecular weight is 286 g/mol. The van der Waals surface area contributed by atoms with Gasteiger partial charge in [0.2, 0.25) is 0 Å². The van der Waals surface area contributed by atoms with Crippen LogP contribution in [0, 0.1) is 6.92 Å². The van der Waals surface area contributed by atoms with Gasteiger partial charge in [-0.2, -0.15) is 0 Å². The van der Waals surface area contributed by atoms with Crippen molar-refractivity contribution >= 4 is 0 Å². The molecule has 0 amide bonds. The molecule has 0 spiro atoms. The van der Waals surface area contributed by atoms with Crippen molar-refractivity contribution in [1.82, 2.24) is 20.3 Å². The zero-order chi connectivity index (χ0) is 15.1. The van der Waals surface area contributed by atoms with Crippen molar-refractivity contribution in [2.24, 2.45) is 0 Å². The minimum absolute atomic E-state index is 0.272. The van der Waals surface area contributed by atoms with Crippen LogP contribution >= 0.6 is 0 Å². The second-order valence-corrected chi connectivity index (χ2v) is 5.58. The summed E-state index contributed by atoms with van der Waals surface area (Å²) in [5, 5.41) is 11.9. The minimum Gasteiger partial charge on any atom is -0.308 e. The molecule has 1 atom stereocenters. The van der Waals surface area contributed by atoms with E-state index in [0.29, 0.717) is 0 Å². The number of hydrogen-bond donors (Lipinski definition) is 1. The molecule has 0 saturated carbocycles. The maximum atomic E-state index is 4.22. The lowest BCUT2D eigenvalue weighted by Crippen LogP contribution is -2.26. The lowest BCUT2D eigenvalue weighted by molar-refractivity contribution is 0.465. The fourth-order valence-corrected chi connectivity index (χ4v) is 2.48. The van der Waals surface area contributed by atoms with E-state index >= 15 is 0 Å². The van der Waals surface area contributed by atoms with Crippen molar-refractivity contribution in [2.45, 2.75) is 52.6 Å². The molecule has 21 heavy (non-hydrogen) atoms. The molecule has 0 aliphatic rings. The molecule has 0 saturated heterocycles. The summed E-state index contributed by atoms with van der Waals surface area (Å²) in [5.41, 5.74) is 3.83. The second-order valence-electron chi connectivity index (χ2n) is 5.58. The lowest BCUT2D eigenvalue weighted by Gasteiger charge is -2.19. The van der Waals surface area contributed by atoms with Gasteiger partial charge in [0.15, 0.2) is 0 Å². The molecule has 2 rings (SSSR count). The SMILES string of the molecule is CCCNC(Cc1ccc(C)cc1)c1cnnn1CCC. The Kier molecular flexibility index (Phi) is 5.93. The van der Waals surface area contributed by atoms with E-state index in [4.69, 9.17) is 0 Å².